The molecule has 0 aliphatic rings. The zero-order valence-corrected chi connectivity index (χ0v) is 19.4. The number of nitrogens with two attached hydrogens (primary N) is 1. The summed E-state index contributed by atoms with van der Waals surface area (Å²) < 4.78 is 26.2. The van der Waals surface area contributed by atoms with Crippen molar-refractivity contribution in [3.8, 4) is 5.75 Å². The fourth-order valence-corrected chi connectivity index (χ4v) is 3.34. The summed E-state index contributed by atoms with van der Waals surface area (Å²) in [5, 5.41) is 2.65. The van der Waals surface area contributed by atoms with Crippen molar-refractivity contribution in [2.75, 3.05) is 40.1 Å². The Morgan fingerprint density at radius 2 is 1.87 bits per heavy atom. The van der Waals surface area contributed by atoms with E-state index in [9.17, 15) is 4.79 Å². The van der Waals surface area contributed by atoms with Gasteiger partial charge in [0.25, 0.3) is 5.82 Å². The predicted octanol–water partition coefficient (Wildman–Crippen LogP) is 1.97. The topological polar surface area (TPSA) is 101 Å². The zero-order valence-electron chi connectivity index (χ0n) is 19.4. The lowest BCUT2D eigenvalue weighted by molar-refractivity contribution is -0.676. The first kappa shape index (κ1) is 24.9. The summed E-state index contributed by atoms with van der Waals surface area (Å²) in [6.07, 6.45) is -0.442. The molecular weight excluding hydrogens is 400 g/mol. The van der Waals surface area contributed by atoms with Crippen molar-refractivity contribution in [2.24, 2.45) is 5.73 Å². The third kappa shape index (κ3) is 7.37. The van der Waals surface area contributed by atoms with Crippen LogP contribution in [-0.2, 0) is 33.8 Å². The number of rotatable bonds is 12. The number of methoxy groups -OCH3 is 1. The first-order valence-electron chi connectivity index (χ1n) is 10.7. The summed E-state index contributed by atoms with van der Waals surface area (Å²) in [6.45, 7) is 11.8. The molecule has 9 heteroatoms. The molecule has 0 spiro atoms. The molecule has 9 nitrogen and oxygen atoms in total. The number of alkyl carbamates (subject to hydrolysis) is 1. The van der Waals surface area contributed by atoms with Gasteiger partial charge in [0.1, 0.15) is 17.9 Å². The van der Waals surface area contributed by atoms with E-state index in [1.807, 2.05) is 32.9 Å². The van der Waals surface area contributed by atoms with Gasteiger partial charge in [0.2, 0.25) is 0 Å². The standard InChI is InChI=1S/C22H36N4O5/c1-6-25-18-8-7-17(28-5)15-19(18)26(20(25)16-23)10-12-30-14-13-29-11-9-24-21(27)31-22(2,3)4/h7-8,15H,6,9-14,16,23H2,1-5H3/p+1. The van der Waals surface area contributed by atoms with Crippen molar-refractivity contribution < 1.29 is 28.3 Å². The minimum Gasteiger partial charge on any atom is -0.497 e. The molecule has 0 atom stereocenters. The second-order valence-electron chi connectivity index (χ2n) is 8.02. The smallest absolute Gasteiger partial charge is 0.407 e. The number of aromatic nitrogens is 2. The minimum atomic E-state index is -0.505. The average Bonchev–Trinajstić information content (AvgIpc) is 3.02. The Bertz CT molecular complexity index is 845. The lowest BCUT2D eigenvalue weighted by Gasteiger charge is -2.19. The maximum atomic E-state index is 11.5. The molecular formula is C22H37N4O5+. The Morgan fingerprint density at radius 3 is 2.48 bits per heavy atom. The third-order valence-corrected chi connectivity index (χ3v) is 4.63. The number of fused-ring (bicyclic) bond motifs is 1. The van der Waals surface area contributed by atoms with Crippen LogP contribution in [-0.4, -0.2) is 56.3 Å². The molecule has 2 rings (SSSR count). The van der Waals surface area contributed by atoms with Crippen molar-refractivity contribution in [1.29, 1.82) is 0 Å². The fraction of sp³-hybridized carbons (Fsp3) is 0.636. The summed E-state index contributed by atoms with van der Waals surface area (Å²) in [5.74, 6) is 1.87. The van der Waals surface area contributed by atoms with Gasteiger partial charge in [-0.25, -0.2) is 13.9 Å². The molecule has 1 aromatic carbocycles. The monoisotopic (exact) mass is 437 g/mol. The number of amides is 1. The number of aryl methyl sites for hydroxylation is 1. The minimum absolute atomic E-state index is 0.392. The normalized spacial score (nSPS) is 11.7. The Kier molecular flexibility index (Phi) is 9.54. The number of nitrogens with zero attached hydrogens (tertiary/aromatic N) is 2. The number of benzene rings is 1. The molecule has 0 fully saturated rings. The van der Waals surface area contributed by atoms with Gasteiger partial charge in [0, 0.05) is 12.6 Å². The first-order valence-corrected chi connectivity index (χ1v) is 10.7. The van der Waals surface area contributed by atoms with Crippen LogP contribution < -0.4 is 20.4 Å². The molecule has 1 aromatic heterocycles. The molecule has 31 heavy (non-hydrogen) atoms. The number of carbonyl (C=O) groups is 1. The van der Waals surface area contributed by atoms with Crippen LogP contribution in [0.25, 0.3) is 11.0 Å². The molecule has 3 N–H and O–H groups in total. The van der Waals surface area contributed by atoms with Gasteiger partial charge in [-0.1, -0.05) is 0 Å². The van der Waals surface area contributed by atoms with E-state index in [0.29, 0.717) is 46.1 Å². The zero-order chi connectivity index (χ0) is 22.9. The Labute approximate surface area is 184 Å². The predicted molar refractivity (Wildman–Crippen MR) is 118 cm³/mol. The molecule has 0 bridgehead atoms. The van der Waals surface area contributed by atoms with E-state index in [-0.39, 0.29) is 0 Å². The van der Waals surface area contributed by atoms with Crippen LogP contribution in [0.4, 0.5) is 4.79 Å². The van der Waals surface area contributed by atoms with Crippen LogP contribution >= 0.6 is 0 Å². The maximum absolute atomic E-state index is 11.5. The average molecular weight is 438 g/mol. The van der Waals surface area contributed by atoms with Crippen molar-refractivity contribution in [2.45, 2.75) is 52.9 Å². The van der Waals surface area contributed by atoms with Crippen LogP contribution in [0.15, 0.2) is 18.2 Å². The maximum Gasteiger partial charge on any atom is 0.407 e. The van der Waals surface area contributed by atoms with Crippen LogP contribution in [0.3, 0.4) is 0 Å². The summed E-state index contributed by atoms with van der Waals surface area (Å²) in [6, 6.07) is 6.05. The molecule has 0 saturated heterocycles. The number of ether oxygens (including phenoxy) is 4. The van der Waals surface area contributed by atoms with E-state index >= 15 is 0 Å². The van der Waals surface area contributed by atoms with Gasteiger partial charge < -0.3 is 30.0 Å². The summed E-state index contributed by atoms with van der Waals surface area (Å²) in [4.78, 5) is 11.5. The van der Waals surface area contributed by atoms with Gasteiger partial charge in [-0.2, -0.15) is 0 Å². The molecule has 1 heterocycles. The molecule has 2 aromatic rings. The SMILES string of the molecule is CC[n+]1c(CN)n(CCOCCOCCNC(=O)OC(C)(C)C)c2cc(OC)ccc21. The highest BCUT2D eigenvalue weighted by molar-refractivity contribution is 5.74. The Balaban J connectivity index is 1.76. The second kappa shape index (κ2) is 11.9. The number of hydrogen-bond donors (Lipinski definition) is 2. The summed E-state index contributed by atoms with van der Waals surface area (Å²) in [7, 11) is 1.66. The van der Waals surface area contributed by atoms with Gasteiger partial charge in [0.15, 0.2) is 11.0 Å². The number of carbonyl (C=O) groups excluding carboxylic acids is 1. The Morgan fingerprint density at radius 1 is 1.16 bits per heavy atom. The highest BCUT2D eigenvalue weighted by atomic mass is 16.6. The largest absolute Gasteiger partial charge is 0.497 e. The van der Waals surface area contributed by atoms with Crippen molar-refractivity contribution >= 4 is 17.1 Å². The quantitative estimate of drug-likeness (QED) is 0.389. The molecule has 0 aliphatic heterocycles. The van der Waals surface area contributed by atoms with Gasteiger partial charge in [-0.15, -0.1) is 0 Å². The van der Waals surface area contributed by atoms with E-state index in [2.05, 4.69) is 27.4 Å². The highest BCUT2D eigenvalue weighted by Gasteiger charge is 2.23. The Hall–Kier alpha value is -2.36. The van der Waals surface area contributed by atoms with Gasteiger partial charge in [-0.05, 0) is 39.8 Å². The number of hydrogen-bond acceptors (Lipinski definition) is 6. The molecule has 174 valence electrons. The van der Waals surface area contributed by atoms with Crippen LogP contribution in [0.1, 0.15) is 33.5 Å². The molecule has 0 radical (unpaired) electrons. The van der Waals surface area contributed by atoms with E-state index in [1.54, 1.807) is 7.11 Å². The third-order valence-electron chi connectivity index (χ3n) is 4.63. The van der Waals surface area contributed by atoms with E-state index in [4.69, 9.17) is 24.7 Å². The first-order chi connectivity index (χ1) is 14.8. The molecule has 0 unspecified atom stereocenters. The van der Waals surface area contributed by atoms with E-state index in [1.165, 1.54) is 0 Å². The fourth-order valence-electron chi connectivity index (χ4n) is 3.34. The number of imidazole rings is 1. The summed E-state index contributed by atoms with van der Waals surface area (Å²) in [5.41, 5.74) is 7.75. The molecule has 1 amide bonds. The van der Waals surface area contributed by atoms with Gasteiger partial charge >= 0.3 is 6.09 Å². The second-order valence-corrected chi connectivity index (χ2v) is 8.02. The van der Waals surface area contributed by atoms with E-state index in [0.717, 1.165) is 29.2 Å². The number of nitrogens with one attached hydrogen (secondary N) is 1. The van der Waals surface area contributed by atoms with Crippen molar-refractivity contribution in [3.63, 3.8) is 0 Å². The van der Waals surface area contributed by atoms with Gasteiger partial charge in [-0.3, -0.25) is 0 Å². The highest BCUT2D eigenvalue weighted by Crippen LogP contribution is 2.21. The van der Waals surface area contributed by atoms with Crippen molar-refractivity contribution in [3.05, 3.63) is 24.0 Å². The summed E-state index contributed by atoms with van der Waals surface area (Å²) >= 11 is 0. The van der Waals surface area contributed by atoms with E-state index < -0.39 is 11.7 Å². The van der Waals surface area contributed by atoms with Crippen LogP contribution in [0.2, 0.25) is 0 Å². The van der Waals surface area contributed by atoms with Crippen molar-refractivity contribution in [1.82, 2.24) is 9.88 Å². The van der Waals surface area contributed by atoms with Crippen LogP contribution in [0.5, 0.6) is 5.75 Å². The van der Waals surface area contributed by atoms with Crippen LogP contribution in [0, 0.1) is 0 Å². The lowest BCUT2D eigenvalue weighted by Crippen LogP contribution is -2.38. The lowest BCUT2D eigenvalue weighted by atomic mass is 10.2. The molecule has 0 saturated carbocycles. The van der Waals surface area contributed by atoms with Gasteiger partial charge in [0.05, 0.1) is 46.6 Å². The molecule has 0 aliphatic carbocycles.